The maximum absolute atomic E-state index is 5.94. The molecule has 0 atom stereocenters. The monoisotopic (exact) mass is 267 g/mol. The second-order valence-electron chi connectivity index (χ2n) is 5.43. The van der Waals surface area contributed by atoms with Gasteiger partial charge in [0.25, 0.3) is 0 Å². The predicted octanol–water partition coefficient (Wildman–Crippen LogP) is 3.77. The van der Waals surface area contributed by atoms with Gasteiger partial charge in [-0.15, -0.1) is 0 Å². The standard InChI is InChI=1S/C18H21NO/c19-18-8-4-3-6-15(18)11-12-20-17-10-9-14-5-1-2-7-16(14)13-17/h3-4,6,8-10,13H,1-2,5,7,11-12,19H2. The number of hydrogen-bond acceptors (Lipinski definition) is 2. The van der Waals surface area contributed by atoms with Crippen LogP contribution >= 0.6 is 0 Å². The molecule has 0 aliphatic heterocycles. The number of benzene rings is 2. The number of nitrogen functional groups attached to an aromatic ring is 1. The molecule has 1 aliphatic carbocycles. The first-order valence-electron chi connectivity index (χ1n) is 7.41. The van der Waals surface area contributed by atoms with Gasteiger partial charge >= 0.3 is 0 Å². The van der Waals surface area contributed by atoms with E-state index in [1.165, 1.54) is 36.8 Å². The van der Waals surface area contributed by atoms with E-state index >= 15 is 0 Å². The Hall–Kier alpha value is -1.96. The van der Waals surface area contributed by atoms with E-state index in [0.29, 0.717) is 6.61 Å². The molecule has 0 saturated carbocycles. The summed E-state index contributed by atoms with van der Waals surface area (Å²) in [6.45, 7) is 0.674. The first-order chi connectivity index (χ1) is 9.83. The van der Waals surface area contributed by atoms with Gasteiger partial charge < -0.3 is 10.5 Å². The van der Waals surface area contributed by atoms with E-state index in [9.17, 15) is 0 Å². The van der Waals surface area contributed by atoms with Crippen LogP contribution in [0.5, 0.6) is 5.75 Å². The highest BCUT2D eigenvalue weighted by molar-refractivity contribution is 5.46. The maximum atomic E-state index is 5.94. The highest BCUT2D eigenvalue weighted by Crippen LogP contribution is 2.25. The minimum absolute atomic E-state index is 0.674. The van der Waals surface area contributed by atoms with E-state index in [2.05, 4.69) is 24.3 Å². The number of anilines is 1. The molecule has 0 spiro atoms. The summed E-state index contributed by atoms with van der Waals surface area (Å²) in [5.41, 5.74) is 10.9. The van der Waals surface area contributed by atoms with E-state index in [1.807, 2.05) is 18.2 Å². The molecule has 3 rings (SSSR count). The molecule has 0 aromatic heterocycles. The topological polar surface area (TPSA) is 35.2 Å². The molecule has 0 bridgehead atoms. The number of para-hydroxylation sites is 1. The Morgan fingerprint density at radius 1 is 0.950 bits per heavy atom. The second-order valence-corrected chi connectivity index (χ2v) is 5.43. The van der Waals surface area contributed by atoms with Crippen molar-refractivity contribution in [2.24, 2.45) is 0 Å². The quantitative estimate of drug-likeness (QED) is 0.856. The van der Waals surface area contributed by atoms with Crippen LogP contribution in [-0.4, -0.2) is 6.61 Å². The van der Waals surface area contributed by atoms with Crippen LogP contribution < -0.4 is 10.5 Å². The van der Waals surface area contributed by atoms with Crippen molar-refractivity contribution in [3.05, 3.63) is 59.2 Å². The van der Waals surface area contributed by atoms with Gasteiger partial charge in [-0.2, -0.15) is 0 Å². The molecule has 104 valence electrons. The first kappa shape index (κ1) is 13.0. The summed E-state index contributed by atoms with van der Waals surface area (Å²) < 4.78 is 5.88. The summed E-state index contributed by atoms with van der Waals surface area (Å²) in [6, 6.07) is 14.5. The zero-order chi connectivity index (χ0) is 13.8. The fourth-order valence-corrected chi connectivity index (χ4v) is 2.84. The molecule has 0 fully saturated rings. The lowest BCUT2D eigenvalue weighted by Gasteiger charge is -2.17. The van der Waals surface area contributed by atoms with E-state index in [0.717, 1.165) is 23.4 Å². The molecule has 2 aromatic carbocycles. The van der Waals surface area contributed by atoms with Crippen LogP contribution in [0.25, 0.3) is 0 Å². The van der Waals surface area contributed by atoms with Gasteiger partial charge in [0.1, 0.15) is 5.75 Å². The van der Waals surface area contributed by atoms with E-state index in [-0.39, 0.29) is 0 Å². The van der Waals surface area contributed by atoms with Crippen molar-refractivity contribution in [3.8, 4) is 5.75 Å². The van der Waals surface area contributed by atoms with E-state index in [1.54, 1.807) is 0 Å². The molecule has 0 heterocycles. The minimum atomic E-state index is 0.674. The molecule has 2 N–H and O–H groups in total. The average molecular weight is 267 g/mol. The van der Waals surface area contributed by atoms with Crippen molar-refractivity contribution >= 4 is 5.69 Å². The number of hydrogen-bond donors (Lipinski definition) is 1. The fourth-order valence-electron chi connectivity index (χ4n) is 2.84. The van der Waals surface area contributed by atoms with Crippen molar-refractivity contribution < 1.29 is 4.74 Å². The van der Waals surface area contributed by atoms with Crippen molar-refractivity contribution in [1.29, 1.82) is 0 Å². The number of nitrogens with two attached hydrogens (primary N) is 1. The van der Waals surface area contributed by atoms with E-state index in [4.69, 9.17) is 10.5 Å². The molecule has 0 saturated heterocycles. The van der Waals surface area contributed by atoms with Gasteiger partial charge in [0, 0.05) is 12.1 Å². The zero-order valence-electron chi connectivity index (χ0n) is 11.8. The van der Waals surface area contributed by atoms with Crippen LogP contribution in [0.3, 0.4) is 0 Å². The summed E-state index contributed by atoms with van der Waals surface area (Å²) in [6.07, 6.45) is 5.88. The second kappa shape index (κ2) is 6.00. The summed E-state index contributed by atoms with van der Waals surface area (Å²) in [4.78, 5) is 0. The predicted molar refractivity (Wildman–Crippen MR) is 83.1 cm³/mol. The van der Waals surface area contributed by atoms with Gasteiger partial charge in [0.15, 0.2) is 0 Å². The highest BCUT2D eigenvalue weighted by atomic mass is 16.5. The third kappa shape index (κ3) is 2.96. The smallest absolute Gasteiger partial charge is 0.119 e. The third-order valence-corrected chi connectivity index (χ3v) is 4.02. The minimum Gasteiger partial charge on any atom is -0.493 e. The van der Waals surface area contributed by atoms with Gasteiger partial charge in [0.2, 0.25) is 0 Å². The fraction of sp³-hybridized carbons (Fsp3) is 0.333. The zero-order valence-corrected chi connectivity index (χ0v) is 11.8. The normalized spacial score (nSPS) is 13.8. The van der Waals surface area contributed by atoms with Crippen molar-refractivity contribution in [1.82, 2.24) is 0 Å². The summed E-state index contributed by atoms with van der Waals surface area (Å²) in [5.74, 6) is 0.986. The Morgan fingerprint density at radius 2 is 1.75 bits per heavy atom. The molecule has 0 unspecified atom stereocenters. The molecule has 0 amide bonds. The molecular formula is C18H21NO. The van der Waals surface area contributed by atoms with Gasteiger partial charge in [-0.25, -0.2) is 0 Å². The first-order valence-corrected chi connectivity index (χ1v) is 7.41. The SMILES string of the molecule is Nc1ccccc1CCOc1ccc2c(c1)CCCC2. The lowest BCUT2D eigenvalue weighted by molar-refractivity contribution is 0.321. The Labute approximate surface area is 120 Å². The molecule has 0 radical (unpaired) electrons. The highest BCUT2D eigenvalue weighted by Gasteiger charge is 2.09. The average Bonchev–Trinajstić information content (AvgIpc) is 2.49. The van der Waals surface area contributed by atoms with Gasteiger partial charge in [0.05, 0.1) is 6.61 Å². The summed E-state index contributed by atoms with van der Waals surface area (Å²) in [5, 5.41) is 0. The maximum Gasteiger partial charge on any atom is 0.119 e. The molecule has 20 heavy (non-hydrogen) atoms. The largest absolute Gasteiger partial charge is 0.493 e. The molecule has 1 aliphatic rings. The lowest BCUT2D eigenvalue weighted by Crippen LogP contribution is -2.06. The molecule has 2 nitrogen and oxygen atoms in total. The van der Waals surface area contributed by atoms with Crippen LogP contribution in [0.15, 0.2) is 42.5 Å². The van der Waals surface area contributed by atoms with Crippen LogP contribution in [0.2, 0.25) is 0 Å². The summed E-state index contributed by atoms with van der Waals surface area (Å²) in [7, 11) is 0. The Kier molecular flexibility index (Phi) is 3.91. The Morgan fingerprint density at radius 3 is 2.60 bits per heavy atom. The van der Waals surface area contributed by atoms with Crippen molar-refractivity contribution in [2.75, 3.05) is 12.3 Å². The van der Waals surface area contributed by atoms with Crippen LogP contribution in [-0.2, 0) is 19.3 Å². The number of ether oxygens (including phenoxy) is 1. The van der Waals surface area contributed by atoms with Crippen LogP contribution in [0.1, 0.15) is 29.5 Å². The van der Waals surface area contributed by atoms with Gasteiger partial charge in [-0.3, -0.25) is 0 Å². The van der Waals surface area contributed by atoms with Crippen LogP contribution in [0.4, 0.5) is 5.69 Å². The van der Waals surface area contributed by atoms with Gasteiger partial charge in [-0.1, -0.05) is 24.3 Å². The summed E-state index contributed by atoms with van der Waals surface area (Å²) >= 11 is 0. The molecule has 2 heteroatoms. The van der Waals surface area contributed by atoms with Crippen molar-refractivity contribution in [2.45, 2.75) is 32.1 Å². The Balaban J connectivity index is 1.60. The van der Waals surface area contributed by atoms with Crippen LogP contribution in [0, 0.1) is 0 Å². The molecular weight excluding hydrogens is 246 g/mol. The van der Waals surface area contributed by atoms with Gasteiger partial charge in [-0.05, 0) is 60.6 Å². The Bertz CT molecular complexity index is 592. The number of rotatable bonds is 4. The number of aryl methyl sites for hydroxylation is 2. The molecule has 2 aromatic rings. The lowest BCUT2D eigenvalue weighted by atomic mass is 9.92. The van der Waals surface area contributed by atoms with Crippen molar-refractivity contribution in [3.63, 3.8) is 0 Å². The third-order valence-electron chi connectivity index (χ3n) is 4.02. The number of fused-ring (bicyclic) bond motifs is 1. The van der Waals surface area contributed by atoms with E-state index < -0.39 is 0 Å².